The molecule has 0 spiro atoms. The molecule has 1 fully saturated rings. The van der Waals surface area contributed by atoms with Gasteiger partial charge in [-0.05, 0) is 6.07 Å². The molecule has 2 aliphatic rings. The number of nitrogens with one attached hydrogen (secondary N) is 1. The molecule has 1 aromatic carbocycles. The number of fused-ring (bicyclic) bond motifs is 1. The maximum Gasteiger partial charge on any atom is 0.530 e. The number of methoxy groups -OCH3 is 1. The normalized spacial score (nSPS) is 35.2. The van der Waals surface area contributed by atoms with Crippen LogP contribution >= 0.6 is 7.82 Å². The van der Waals surface area contributed by atoms with Gasteiger partial charge >= 0.3 is 13.5 Å². The minimum absolute atomic E-state index is 0.0556. The van der Waals surface area contributed by atoms with Gasteiger partial charge in [0.15, 0.2) is 17.7 Å². The van der Waals surface area contributed by atoms with Gasteiger partial charge in [-0.3, -0.25) is 23.4 Å². The Morgan fingerprint density at radius 2 is 2.19 bits per heavy atom. The maximum atomic E-state index is 15.4. The molecule has 0 aliphatic carbocycles. The number of aliphatic hydroxyl groups is 2. The Labute approximate surface area is 174 Å². The highest BCUT2D eigenvalue weighted by Gasteiger charge is 2.57. The van der Waals surface area contributed by atoms with E-state index in [1.54, 1.807) is 12.1 Å². The van der Waals surface area contributed by atoms with Crippen molar-refractivity contribution in [1.29, 1.82) is 0 Å². The maximum absolute atomic E-state index is 15.4. The standard InChI is InChI=1S/C17H18FN2O10P/c1-26-10-4-2-3-9-7-27-31(25,30-13(9)10)28-8-17(18)14(23)12(22)15(29-17)20-6-5-11(21)19-16(20)24/h2-6,12,14-15,22-23H,7-8H2,1H3,(H,19,21,24)/t12-,14+,15-,17-,31?/m1/s1/i15D. The van der Waals surface area contributed by atoms with Crippen LogP contribution in [0.15, 0.2) is 40.1 Å². The fraction of sp³-hybridized carbons (Fsp3) is 0.412. The zero-order valence-corrected chi connectivity index (χ0v) is 16.8. The van der Waals surface area contributed by atoms with Gasteiger partial charge in [-0.15, -0.1) is 0 Å². The Bertz CT molecular complexity index is 1190. The van der Waals surface area contributed by atoms with Gasteiger partial charge in [-0.2, -0.15) is 0 Å². The topological polar surface area (TPSA) is 159 Å². The van der Waals surface area contributed by atoms with E-state index in [0.717, 1.165) is 12.3 Å². The van der Waals surface area contributed by atoms with Crippen molar-refractivity contribution in [3.63, 3.8) is 0 Å². The van der Waals surface area contributed by atoms with Crippen LogP contribution in [-0.4, -0.2) is 51.5 Å². The van der Waals surface area contributed by atoms with E-state index in [2.05, 4.69) is 0 Å². The first-order valence-electron chi connectivity index (χ1n) is 9.34. The summed E-state index contributed by atoms with van der Waals surface area (Å²) in [5.41, 5.74) is -1.51. The highest BCUT2D eigenvalue weighted by atomic mass is 31.2. The van der Waals surface area contributed by atoms with Gasteiger partial charge in [0.25, 0.3) is 11.4 Å². The van der Waals surface area contributed by atoms with Crippen molar-refractivity contribution < 1.29 is 43.6 Å². The van der Waals surface area contributed by atoms with Crippen molar-refractivity contribution in [2.24, 2.45) is 0 Å². The lowest BCUT2D eigenvalue weighted by molar-refractivity contribution is -0.205. The van der Waals surface area contributed by atoms with E-state index >= 15 is 4.39 Å². The van der Waals surface area contributed by atoms with Crippen molar-refractivity contribution in [1.82, 2.24) is 9.55 Å². The highest BCUT2D eigenvalue weighted by molar-refractivity contribution is 7.49. The van der Waals surface area contributed by atoms with Crippen molar-refractivity contribution in [3.05, 3.63) is 56.9 Å². The average Bonchev–Trinajstić information content (AvgIpc) is 2.93. The molecule has 5 atom stereocenters. The summed E-state index contributed by atoms with van der Waals surface area (Å²) < 4.78 is 62.1. The molecule has 12 nitrogen and oxygen atoms in total. The fourth-order valence-electron chi connectivity index (χ4n) is 3.02. The van der Waals surface area contributed by atoms with Crippen LogP contribution in [0.5, 0.6) is 11.5 Å². The van der Waals surface area contributed by atoms with Gasteiger partial charge in [0.05, 0.1) is 15.1 Å². The lowest BCUT2D eigenvalue weighted by Crippen LogP contribution is -2.43. The number of alkyl halides is 1. The van der Waals surface area contributed by atoms with E-state index in [-0.39, 0.29) is 18.1 Å². The molecule has 3 N–H and O–H groups in total. The molecule has 2 aromatic rings. The fourth-order valence-corrected chi connectivity index (χ4v) is 4.26. The molecule has 1 unspecified atom stereocenters. The number of nitrogens with zero attached hydrogens (tertiary/aromatic N) is 1. The smallest absolute Gasteiger partial charge is 0.493 e. The summed E-state index contributed by atoms with van der Waals surface area (Å²) in [7, 11) is -3.07. The molecule has 31 heavy (non-hydrogen) atoms. The van der Waals surface area contributed by atoms with Gasteiger partial charge in [-0.25, -0.2) is 13.8 Å². The second-order valence-electron chi connectivity index (χ2n) is 6.63. The first-order valence-corrected chi connectivity index (χ1v) is 10.3. The van der Waals surface area contributed by atoms with Crippen molar-refractivity contribution in [3.8, 4) is 11.5 Å². The van der Waals surface area contributed by atoms with Crippen LogP contribution in [0.2, 0.25) is 0 Å². The summed E-state index contributed by atoms with van der Waals surface area (Å²) in [5.74, 6) is -3.03. The lowest BCUT2D eigenvalue weighted by atomic mass is 10.1. The molecule has 0 bridgehead atoms. The number of halogens is 1. The molecule has 14 heteroatoms. The summed E-state index contributed by atoms with van der Waals surface area (Å²) in [6.45, 7) is -1.52. The van der Waals surface area contributed by atoms with E-state index in [9.17, 15) is 24.4 Å². The number of H-pyrrole nitrogens is 1. The molecule has 168 valence electrons. The predicted octanol–water partition coefficient (Wildman–Crippen LogP) is 0.195. The van der Waals surface area contributed by atoms with Gasteiger partial charge < -0.3 is 24.2 Å². The zero-order chi connectivity index (χ0) is 23.3. The number of ether oxygens (including phenoxy) is 2. The van der Waals surface area contributed by atoms with Crippen LogP contribution in [0.4, 0.5) is 4.39 Å². The predicted molar refractivity (Wildman–Crippen MR) is 99.3 cm³/mol. The second kappa shape index (κ2) is 7.86. The number of hydrogen-bond donors (Lipinski definition) is 3. The molecule has 1 aromatic heterocycles. The van der Waals surface area contributed by atoms with Gasteiger partial charge in [-0.1, -0.05) is 12.1 Å². The third kappa shape index (κ3) is 3.91. The second-order valence-corrected chi connectivity index (χ2v) is 8.22. The SMILES string of the molecule is [2H][C@@]1(n2ccc(=O)[nH]c2=O)O[C@](F)(COP2(=O)OCc3cccc(OC)c3O2)[C@@H](O)[C@H]1O. The summed E-state index contributed by atoms with van der Waals surface area (Å²) >= 11 is 0. The van der Waals surface area contributed by atoms with Crippen LogP contribution in [0, 0.1) is 0 Å². The van der Waals surface area contributed by atoms with Gasteiger partial charge in [0.2, 0.25) is 0 Å². The number of phosphoric acid groups is 1. The van der Waals surface area contributed by atoms with Gasteiger partial charge in [0.1, 0.15) is 18.8 Å². The van der Waals surface area contributed by atoms with Crippen LogP contribution < -0.4 is 20.5 Å². The number of phosphoric ester groups is 1. The molecule has 1 saturated heterocycles. The number of hydrogen-bond acceptors (Lipinski definition) is 10. The minimum atomic E-state index is -4.43. The minimum Gasteiger partial charge on any atom is -0.493 e. The quantitative estimate of drug-likeness (QED) is 0.525. The molecular weight excluding hydrogens is 442 g/mol. The van der Waals surface area contributed by atoms with E-state index in [4.69, 9.17) is 24.4 Å². The van der Waals surface area contributed by atoms with Crippen molar-refractivity contribution in [2.75, 3.05) is 13.7 Å². The Kier molecular flexibility index (Phi) is 5.16. The van der Waals surface area contributed by atoms with E-state index in [0.29, 0.717) is 10.1 Å². The van der Waals surface area contributed by atoms with Crippen molar-refractivity contribution >= 4 is 7.82 Å². The largest absolute Gasteiger partial charge is 0.530 e. The Balaban J connectivity index is 1.56. The number of para-hydroxylation sites is 1. The number of rotatable bonds is 5. The summed E-state index contributed by atoms with van der Waals surface area (Å²) in [4.78, 5) is 25.1. The van der Waals surface area contributed by atoms with Crippen LogP contribution in [0.25, 0.3) is 0 Å². The highest BCUT2D eigenvalue weighted by Crippen LogP contribution is 2.57. The molecular formula is C17H18FN2O10P. The summed E-state index contributed by atoms with van der Waals surface area (Å²) in [5, 5.41) is 20.4. The van der Waals surface area contributed by atoms with Crippen LogP contribution in [0.1, 0.15) is 13.1 Å². The molecule has 0 amide bonds. The first kappa shape index (κ1) is 20.4. The summed E-state index contributed by atoms with van der Waals surface area (Å²) in [6, 6.07) is 5.63. The molecule has 0 saturated carbocycles. The van der Waals surface area contributed by atoms with E-state index < -0.39 is 49.9 Å². The zero-order valence-electron chi connectivity index (χ0n) is 16.9. The number of benzene rings is 1. The molecule has 3 heterocycles. The van der Waals surface area contributed by atoms with E-state index in [1.165, 1.54) is 13.2 Å². The van der Waals surface area contributed by atoms with Crippen molar-refractivity contribution in [2.45, 2.75) is 30.9 Å². The van der Waals surface area contributed by atoms with E-state index in [1.807, 2.05) is 4.98 Å². The lowest BCUT2D eigenvalue weighted by Gasteiger charge is -2.28. The number of aliphatic hydroxyl groups excluding tert-OH is 2. The molecule has 2 aliphatic heterocycles. The Morgan fingerprint density at radius 1 is 1.42 bits per heavy atom. The van der Waals surface area contributed by atoms with Gasteiger partial charge in [0, 0.05) is 17.8 Å². The summed E-state index contributed by atoms with van der Waals surface area (Å²) in [6.07, 6.45) is -6.79. The Hall–Kier alpha value is -2.54. The van der Waals surface area contributed by atoms with Crippen LogP contribution in [-0.2, 0) is 25.0 Å². The first-order chi connectivity index (χ1) is 15.0. The molecule has 4 rings (SSSR count). The third-order valence-corrected chi connectivity index (χ3v) is 5.91. The Morgan fingerprint density at radius 3 is 2.90 bits per heavy atom. The number of aromatic nitrogens is 2. The average molecular weight is 461 g/mol. The number of aromatic amines is 1. The third-order valence-electron chi connectivity index (χ3n) is 4.61. The van der Waals surface area contributed by atoms with Crippen LogP contribution in [0.3, 0.4) is 0 Å². The molecule has 0 radical (unpaired) electrons. The monoisotopic (exact) mass is 461 g/mol.